The minimum Gasteiger partial charge on any atom is -0.480 e. The van der Waals surface area contributed by atoms with E-state index in [0.717, 1.165) is 0 Å². The number of carbonyl (C=O) groups is 2. The summed E-state index contributed by atoms with van der Waals surface area (Å²) in [4.78, 5) is 24.4. The van der Waals surface area contributed by atoms with Gasteiger partial charge in [0.15, 0.2) is 0 Å². The minimum absolute atomic E-state index is 0.138. The minimum atomic E-state index is -1.03. The Morgan fingerprint density at radius 1 is 1.44 bits per heavy atom. The van der Waals surface area contributed by atoms with E-state index >= 15 is 0 Å². The normalized spacial score (nSPS) is 13.2. The van der Waals surface area contributed by atoms with Gasteiger partial charge < -0.3 is 15.3 Å². The van der Waals surface area contributed by atoms with Gasteiger partial charge in [-0.15, -0.1) is 0 Å². The van der Waals surface area contributed by atoms with Crippen LogP contribution in [0.5, 0.6) is 0 Å². The standard InChI is InChI=1S/C12H21N3O3/c1-4-9(3)10(11(16)17)14-12(18)15(5-2)8-6-7-13/h9-10H,4-6,8H2,1-3H3,(H,14,18)(H,16,17)/t9?,10-/m0/s1. The molecule has 102 valence electrons. The molecular formula is C12H21N3O3. The molecule has 0 aliphatic rings. The molecule has 0 aromatic heterocycles. The Balaban J connectivity index is 4.57. The number of nitrogens with zero attached hydrogens (tertiary/aromatic N) is 2. The molecule has 0 fully saturated rings. The highest BCUT2D eigenvalue weighted by Crippen LogP contribution is 2.08. The van der Waals surface area contributed by atoms with Crippen molar-refractivity contribution in [1.82, 2.24) is 10.2 Å². The molecule has 0 aromatic rings. The van der Waals surface area contributed by atoms with Crippen LogP contribution in [0.1, 0.15) is 33.6 Å². The van der Waals surface area contributed by atoms with Gasteiger partial charge in [0.1, 0.15) is 6.04 Å². The Morgan fingerprint density at radius 3 is 2.44 bits per heavy atom. The molecule has 6 heteroatoms. The Kier molecular flexibility index (Phi) is 7.52. The summed E-state index contributed by atoms with van der Waals surface area (Å²) in [5.74, 6) is -1.17. The fourth-order valence-electron chi connectivity index (χ4n) is 1.50. The summed E-state index contributed by atoms with van der Waals surface area (Å²) in [7, 11) is 0. The van der Waals surface area contributed by atoms with Crippen LogP contribution in [0.2, 0.25) is 0 Å². The first kappa shape index (κ1) is 16.2. The quantitative estimate of drug-likeness (QED) is 0.719. The highest BCUT2D eigenvalue weighted by Gasteiger charge is 2.26. The average molecular weight is 255 g/mol. The predicted molar refractivity (Wildman–Crippen MR) is 66.9 cm³/mol. The number of carboxylic acid groups (broad SMARTS) is 1. The van der Waals surface area contributed by atoms with E-state index in [-0.39, 0.29) is 12.3 Å². The van der Waals surface area contributed by atoms with Gasteiger partial charge in [-0.05, 0) is 12.8 Å². The number of aliphatic carboxylic acids is 1. The van der Waals surface area contributed by atoms with Crippen LogP contribution in [0.25, 0.3) is 0 Å². The summed E-state index contributed by atoms with van der Waals surface area (Å²) in [5, 5.41) is 20.1. The zero-order chi connectivity index (χ0) is 14.1. The molecule has 0 aromatic carbocycles. The van der Waals surface area contributed by atoms with Crippen LogP contribution < -0.4 is 5.32 Å². The summed E-state index contributed by atoms with van der Waals surface area (Å²) in [5.41, 5.74) is 0. The van der Waals surface area contributed by atoms with Crippen molar-refractivity contribution in [3.8, 4) is 6.07 Å². The van der Waals surface area contributed by atoms with Gasteiger partial charge in [-0.3, -0.25) is 0 Å². The Bertz CT molecular complexity index is 325. The summed E-state index contributed by atoms with van der Waals surface area (Å²) in [6.45, 7) is 6.20. The van der Waals surface area contributed by atoms with Crippen LogP contribution in [-0.4, -0.2) is 41.1 Å². The van der Waals surface area contributed by atoms with Crippen LogP contribution in [-0.2, 0) is 4.79 Å². The molecular weight excluding hydrogens is 234 g/mol. The maximum Gasteiger partial charge on any atom is 0.326 e. The summed E-state index contributed by atoms with van der Waals surface area (Å²) in [6, 6.07) is 0.639. The third kappa shape index (κ3) is 5.04. The van der Waals surface area contributed by atoms with Gasteiger partial charge in [-0.25, -0.2) is 9.59 Å². The molecule has 0 rings (SSSR count). The van der Waals surface area contributed by atoms with Gasteiger partial charge in [-0.1, -0.05) is 20.3 Å². The lowest BCUT2D eigenvalue weighted by atomic mass is 9.99. The molecule has 0 saturated heterocycles. The molecule has 2 N–H and O–H groups in total. The fourth-order valence-corrected chi connectivity index (χ4v) is 1.50. The van der Waals surface area contributed by atoms with Gasteiger partial charge >= 0.3 is 12.0 Å². The van der Waals surface area contributed by atoms with E-state index in [2.05, 4.69) is 5.32 Å². The first-order valence-electron chi connectivity index (χ1n) is 6.13. The first-order valence-corrected chi connectivity index (χ1v) is 6.13. The van der Waals surface area contributed by atoms with Crippen molar-refractivity contribution in [2.24, 2.45) is 5.92 Å². The van der Waals surface area contributed by atoms with Gasteiger partial charge in [0.2, 0.25) is 0 Å². The highest BCUT2D eigenvalue weighted by atomic mass is 16.4. The van der Waals surface area contributed by atoms with E-state index < -0.39 is 18.0 Å². The second-order valence-corrected chi connectivity index (χ2v) is 4.14. The molecule has 0 aliphatic heterocycles. The number of hydrogen-bond donors (Lipinski definition) is 2. The smallest absolute Gasteiger partial charge is 0.326 e. The monoisotopic (exact) mass is 255 g/mol. The number of urea groups is 1. The summed E-state index contributed by atoms with van der Waals surface area (Å²) in [6.07, 6.45) is 0.907. The number of carbonyl (C=O) groups excluding carboxylic acids is 1. The van der Waals surface area contributed by atoms with E-state index in [0.29, 0.717) is 19.5 Å². The Labute approximate surface area is 108 Å². The molecule has 0 spiro atoms. The molecule has 0 radical (unpaired) electrons. The first-order chi connectivity index (χ1) is 8.47. The molecule has 0 heterocycles. The molecule has 18 heavy (non-hydrogen) atoms. The van der Waals surface area contributed by atoms with E-state index in [1.165, 1.54) is 4.90 Å². The van der Waals surface area contributed by atoms with E-state index in [1.54, 1.807) is 13.8 Å². The van der Waals surface area contributed by atoms with Gasteiger partial charge in [-0.2, -0.15) is 5.26 Å². The lowest BCUT2D eigenvalue weighted by molar-refractivity contribution is -0.140. The number of hydrogen-bond acceptors (Lipinski definition) is 3. The van der Waals surface area contributed by atoms with Crippen LogP contribution >= 0.6 is 0 Å². The van der Waals surface area contributed by atoms with Crippen molar-refractivity contribution in [3.63, 3.8) is 0 Å². The Hall–Kier alpha value is -1.77. The Morgan fingerprint density at radius 2 is 2.06 bits per heavy atom. The highest BCUT2D eigenvalue weighted by molar-refractivity contribution is 5.82. The van der Waals surface area contributed by atoms with Gasteiger partial charge in [0, 0.05) is 13.1 Å². The lowest BCUT2D eigenvalue weighted by Gasteiger charge is -2.25. The number of nitrogens with one attached hydrogen (secondary N) is 1. The van der Waals surface area contributed by atoms with Crippen molar-refractivity contribution in [1.29, 1.82) is 5.26 Å². The predicted octanol–water partition coefficient (Wildman–Crippen LogP) is 1.43. The van der Waals surface area contributed by atoms with Gasteiger partial charge in [0.25, 0.3) is 0 Å². The molecule has 0 saturated carbocycles. The van der Waals surface area contributed by atoms with E-state index in [4.69, 9.17) is 10.4 Å². The number of amides is 2. The third-order valence-electron chi connectivity index (χ3n) is 2.92. The third-order valence-corrected chi connectivity index (χ3v) is 2.92. The maximum absolute atomic E-state index is 11.9. The molecule has 2 amide bonds. The zero-order valence-electron chi connectivity index (χ0n) is 11.1. The maximum atomic E-state index is 11.9. The zero-order valence-corrected chi connectivity index (χ0v) is 11.1. The average Bonchev–Trinajstić information content (AvgIpc) is 2.35. The SMILES string of the molecule is CCC(C)[C@H](NC(=O)N(CC)CCC#N)C(=O)O. The molecule has 2 atom stereocenters. The largest absolute Gasteiger partial charge is 0.480 e. The number of carboxylic acids is 1. The summed E-state index contributed by atoms with van der Waals surface area (Å²) < 4.78 is 0. The summed E-state index contributed by atoms with van der Waals surface area (Å²) >= 11 is 0. The van der Waals surface area contributed by atoms with Crippen LogP contribution in [0, 0.1) is 17.2 Å². The van der Waals surface area contributed by atoms with E-state index in [9.17, 15) is 9.59 Å². The van der Waals surface area contributed by atoms with Crippen LogP contribution in [0.4, 0.5) is 4.79 Å². The van der Waals surface area contributed by atoms with Crippen molar-refractivity contribution in [2.75, 3.05) is 13.1 Å². The second-order valence-electron chi connectivity index (χ2n) is 4.14. The molecule has 1 unspecified atom stereocenters. The topological polar surface area (TPSA) is 93.4 Å². The van der Waals surface area contributed by atoms with Crippen molar-refractivity contribution < 1.29 is 14.7 Å². The van der Waals surface area contributed by atoms with Crippen molar-refractivity contribution in [2.45, 2.75) is 39.7 Å². The molecule has 0 aliphatic carbocycles. The van der Waals surface area contributed by atoms with Gasteiger partial charge in [0.05, 0.1) is 12.5 Å². The second kappa shape index (κ2) is 8.34. The van der Waals surface area contributed by atoms with E-state index in [1.807, 2.05) is 13.0 Å². The van der Waals surface area contributed by atoms with Crippen molar-refractivity contribution in [3.05, 3.63) is 0 Å². The van der Waals surface area contributed by atoms with Crippen LogP contribution in [0.15, 0.2) is 0 Å². The fraction of sp³-hybridized carbons (Fsp3) is 0.750. The number of nitriles is 1. The van der Waals surface area contributed by atoms with Crippen LogP contribution in [0.3, 0.4) is 0 Å². The van der Waals surface area contributed by atoms with Crippen molar-refractivity contribution >= 4 is 12.0 Å². The lowest BCUT2D eigenvalue weighted by Crippen LogP contribution is -2.50. The number of rotatable bonds is 7. The molecule has 0 bridgehead atoms. The molecule has 6 nitrogen and oxygen atoms in total.